The van der Waals surface area contributed by atoms with Crippen LogP contribution in [0.5, 0.6) is 0 Å². The van der Waals surface area contributed by atoms with Gasteiger partial charge in [0.1, 0.15) is 11.5 Å². The molecule has 2 aliphatic rings. The minimum absolute atomic E-state index is 0.156. The number of anilines is 2. The molecule has 1 aromatic heterocycles. The number of nitrogens with one attached hydrogen (secondary N) is 1. The van der Waals surface area contributed by atoms with E-state index in [1.54, 1.807) is 11.0 Å². The third-order valence-corrected chi connectivity index (χ3v) is 5.04. The van der Waals surface area contributed by atoms with E-state index in [9.17, 15) is 9.59 Å². The van der Waals surface area contributed by atoms with Crippen molar-refractivity contribution in [3.05, 3.63) is 54.0 Å². The predicted octanol–water partition coefficient (Wildman–Crippen LogP) is 4.18. The molecule has 5 nitrogen and oxygen atoms in total. The Morgan fingerprint density at radius 3 is 2.65 bits per heavy atom. The number of carbonyl (C=O) groups is 2. The van der Waals surface area contributed by atoms with Gasteiger partial charge in [-0.1, -0.05) is 6.92 Å². The fourth-order valence-corrected chi connectivity index (χ4v) is 3.36. The van der Waals surface area contributed by atoms with Crippen LogP contribution >= 0.6 is 0 Å². The van der Waals surface area contributed by atoms with Crippen molar-refractivity contribution in [3.63, 3.8) is 0 Å². The van der Waals surface area contributed by atoms with Gasteiger partial charge in [0, 0.05) is 36.3 Å². The van der Waals surface area contributed by atoms with Crippen molar-refractivity contribution in [3.8, 4) is 0 Å². The van der Waals surface area contributed by atoms with E-state index in [1.165, 1.54) is 12.5 Å². The van der Waals surface area contributed by atoms with Crippen molar-refractivity contribution in [1.82, 2.24) is 0 Å². The number of hydrogen-bond donors (Lipinski definition) is 1. The molecule has 2 heterocycles. The highest BCUT2D eigenvalue weighted by molar-refractivity contribution is 6.02. The summed E-state index contributed by atoms with van der Waals surface area (Å²) in [6.07, 6.45) is 5.84. The first-order valence-electron chi connectivity index (χ1n) is 9.09. The highest BCUT2D eigenvalue weighted by Gasteiger charge is 2.36. The first kappa shape index (κ1) is 16.6. The molecule has 2 fully saturated rings. The molecule has 2 amide bonds. The zero-order valence-electron chi connectivity index (χ0n) is 14.8. The van der Waals surface area contributed by atoms with E-state index >= 15 is 0 Å². The first-order chi connectivity index (χ1) is 12.6. The lowest BCUT2D eigenvalue weighted by atomic mass is 10.2. The summed E-state index contributed by atoms with van der Waals surface area (Å²) in [5, 5.41) is 2.82. The van der Waals surface area contributed by atoms with Gasteiger partial charge in [0.2, 0.25) is 11.8 Å². The Bertz CT molecular complexity index is 850. The summed E-state index contributed by atoms with van der Waals surface area (Å²) in [6, 6.07) is 11.2. The summed E-state index contributed by atoms with van der Waals surface area (Å²) in [7, 11) is 0. The summed E-state index contributed by atoms with van der Waals surface area (Å²) in [6.45, 7) is 2.97. The van der Waals surface area contributed by atoms with Crippen molar-refractivity contribution in [2.45, 2.75) is 32.1 Å². The molecule has 1 N–H and O–H groups in total. The number of hydrogen-bond acceptors (Lipinski definition) is 3. The normalized spacial score (nSPS) is 22.2. The largest absolute Gasteiger partial charge is 0.461 e. The van der Waals surface area contributed by atoms with Gasteiger partial charge in [0.15, 0.2) is 0 Å². The van der Waals surface area contributed by atoms with Gasteiger partial charge < -0.3 is 14.6 Å². The number of carbonyl (C=O) groups excluding carboxylic acids is 2. The summed E-state index contributed by atoms with van der Waals surface area (Å²) < 4.78 is 5.76. The average Bonchev–Trinajstić information content (AvgIpc) is 3.01. The summed E-state index contributed by atoms with van der Waals surface area (Å²) in [5.74, 6) is 2.87. The Labute approximate surface area is 152 Å². The minimum atomic E-state index is -0.215. The number of amides is 2. The molecule has 0 unspecified atom stereocenters. The third kappa shape index (κ3) is 3.57. The topological polar surface area (TPSA) is 62.6 Å². The Balaban J connectivity index is 1.34. The summed E-state index contributed by atoms with van der Waals surface area (Å²) in [5.41, 5.74) is 1.57. The zero-order valence-corrected chi connectivity index (χ0v) is 14.8. The van der Waals surface area contributed by atoms with Crippen LogP contribution < -0.4 is 10.2 Å². The molecule has 5 heteroatoms. The number of furan rings is 1. The Kier molecular flexibility index (Phi) is 4.37. The highest BCUT2D eigenvalue weighted by atomic mass is 16.3. The van der Waals surface area contributed by atoms with Gasteiger partial charge in [-0.25, -0.2) is 0 Å². The molecule has 2 aromatic rings. The summed E-state index contributed by atoms with van der Waals surface area (Å²) >= 11 is 0. The van der Waals surface area contributed by atoms with Gasteiger partial charge in [0.05, 0.1) is 0 Å². The molecule has 0 spiro atoms. The quantitative estimate of drug-likeness (QED) is 0.823. The molecule has 1 aliphatic carbocycles. The minimum Gasteiger partial charge on any atom is -0.461 e. The second-order valence-corrected chi connectivity index (χ2v) is 7.08. The van der Waals surface area contributed by atoms with Gasteiger partial charge >= 0.3 is 0 Å². The maximum Gasteiger partial charge on any atom is 0.248 e. The van der Waals surface area contributed by atoms with E-state index in [-0.39, 0.29) is 11.8 Å². The fraction of sp³-hybridized carbons (Fsp3) is 0.333. The van der Waals surface area contributed by atoms with Crippen LogP contribution in [-0.2, 0) is 9.59 Å². The Morgan fingerprint density at radius 1 is 1.23 bits per heavy atom. The molecular formula is C21H22N2O3. The maximum absolute atomic E-state index is 12.1. The molecule has 0 bridgehead atoms. The molecule has 1 saturated heterocycles. The van der Waals surface area contributed by atoms with Gasteiger partial charge in [-0.2, -0.15) is 0 Å². The Hall–Kier alpha value is -2.82. The molecular weight excluding hydrogens is 328 g/mol. The van der Waals surface area contributed by atoms with Gasteiger partial charge in [-0.05, 0) is 61.2 Å². The van der Waals surface area contributed by atoms with Crippen LogP contribution in [0, 0.1) is 5.92 Å². The smallest absolute Gasteiger partial charge is 0.248 e. The molecule has 1 aromatic carbocycles. The summed E-state index contributed by atoms with van der Waals surface area (Å²) in [4.78, 5) is 25.6. The van der Waals surface area contributed by atoms with Crippen molar-refractivity contribution in [2.75, 3.05) is 16.8 Å². The first-order valence-corrected chi connectivity index (χ1v) is 9.09. The lowest BCUT2D eigenvalue weighted by molar-refractivity contribution is -0.117. The van der Waals surface area contributed by atoms with E-state index in [4.69, 9.17) is 4.42 Å². The lowest BCUT2D eigenvalue weighted by Gasteiger charge is -2.15. The van der Waals surface area contributed by atoms with Crippen molar-refractivity contribution >= 4 is 29.3 Å². The van der Waals surface area contributed by atoms with Crippen LogP contribution in [0.15, 0.2) is 46.9 Å². The van der Waals surface area contributed by atoms with Crippen LogP contribution in [0.3, 0.4) is 0 Å². The SMILES string of the molecule is C[C@H]1C[C@H]1c1ccc(/C=C/C(=O)Nc2ccc(N3CCCC3=O)cc2)o1. The van der Waals surface area contributed by atoms with Crippen LogP contribution in [0.4, 0.5) is 11.4 Å². The van der Waals surface area contributed by atoms with E-state index in [2.05, 4.69) is 12.2 Å². The third-order valence-electron chi connectivity index (χ3n) is 5.04. The predicted molar refractivity (Wildman–Crippen MR) is 101 cm³/mol. The van der Waals surface area contributed by atoms with Crippen LogP contribution in [0.25, 0.3) is 6.08 Å². The standard InChI is InChI=1S/C21H22N2O3/c1-14-13-18(14)19-10-8-17(26-19)9-11-20(24)22-15-4-6-16(7-5-15)23-12-2-3-21(23)25/h4-11,14,18H,2-3,12-13H2,1H3,(H,22,24)/b11-9+/t14-,18+/m0/s1. The molecule has 4 rings (SSSR count). The average molecular weight is 350 g/mol. The Morgan fingerprint density at radius 2 is 2.00 bits per heavy atom. The van der Waals surface area contributed by atoms with Crippen molar-refractivity contribution in [1.29, 1.82) is 0 Å². The number of rotatable bonds is 5. The molecule has 1 saturated carbocycles. The van der Waals surface area contributed by atoms with Gasteiger partial charge in [0.25, 0.3) is 0 Å². The number of nitrogens with zero attached hydrogens (tertiary/aromatic N) is 1. The van der Waals surface area contributed by atoms with Crippen molar-refractivity contribution < 1.29 is 14.0 Å². The van der Waals surface area contributed by atoms with Crippen molar-refractivity contribution in [2.24, 2.45) is 5.92 Å². The fourth-order valence-electron chi connectivity index (χ4n) is 3.36. The molecule has 134 valence electrons. The zero-order chi connectivity index (χ0) is 18.1. The second-order valence-electron chi connectivity index (χ2n) is 7.08. The molecule has 26 heavy (non-hydrogen) atoms. The van der Waals surface area contributed by atoms with Gasteiger partial charge in [-0.3, -0.25) is 9.59 Å². The van der Waals surface area contributed by atoms with E-state index in [0.717, 1.165) is 24.4 Å². The van der Waals surface area contributed by atoms with E-state index in [0.29, 0.717) is 29.7 Å². The number of benzene rings is 1. The monoisotopic (exact) mass is 350 g/mol. The molecule has 0 radical (unpaired) electrons. The van der Waals surface area contributed by atoms with E-state index in [1.807, 2.05) is 36.4 Å². The highest BCUT2D eigenvalue weighted by Crippen LogP contribution is 2.47. The molecule has 1 aliphatic heterocycles. The van der Waals surface area contributed by atoms with Crippen LogP contribution in [0.1, 0.15) is 43.6 Å². The van der Waals surface area contributed by atoms with Crippen LogP contribution in [-0.4, -0.2) is 18.4 Å². The maximum atomic E-state index is 12.1. The lowest BCUT2D eigenvalue weighted by Crippen LogP contribution is -2.23. The van der Waals surface area contributed by atoms with E-state index < -0.39 is 0 Å². The van der Waals surface area contributed by atoms with Gasteiger partial charge in [-0.15, -0.1) is 0 Å². The van der Waals surface area contributed by atoms with Crippen LogP contribution in [0.2, 0.25) is 0 Å². The second kappa shape index (κ2) is 6.83. The molecule has 2 atom stereocenters.